The second-order valence-corrected chi connectivity index (χ2v) is 9.02. The summed E-state index contributed by atoms with van der Waals surface area (Å²) in [5.41, 5.74) is -0.412. The summed E-state index contributed by atoms with van der Waals surface area (Å²) in [5, 5.41) is 0. The SMILES string of the molecule is C=CCCCC[C@H]1O[C@@H]2O[C@@]3(C)CC[C@H]4[C@H](C)CC[C@@H]([C@H]1C)[C@@]24OO3. The number of allylic oxidation sites excluding steroid dienone is 1. The fourth-order valence-corrected chi connectivity index (χ4v) is 5.94. The van der Waals surface area contributed by atoms with Crippen molar-refractivity contribution in [3.05, 3.63) is 12.7 Å². The highest BCUT2D eigenvalue weighted by molar-refractivity contribution is 5.09. The average Bonchev–Trinajstić information content (AvgIpc) is 2.82. The van der Waals surface area contributed by atoms with E-state index in [1.165, 1.54) is 25.7 Å². The molecule has 1 aliphatic carbocycles. The van der Waals surface area contributed by atoms with Crippen LogP contribution in [0.15, 0.2) is 12.7 Å². The van der Waals surface area contributed by atoms with Gasteiger partial charge in [0.1, 0.15) is 0 Å². The van der Waals surface area contributed by atoms with Gasteiger partial charge in [-0.05, 0) is 63.2 Å². The normalized spacial score (nSPS) is 51.6. The van der Waals surface area contributed by atoms with Gasteiger partial charge < -0.3 is 9.47 Å². The van der Waals surface area contributed by atoms with Crippen molar-refractivity contribution < 1.29 is 19.2 Å². The molecule has 4 nitrogen and oxygen atoms in total. The third kappa shape index (κ3) is 2.80. The van der Waals surface area contributed by atoms with Crippen molar-refractivity contribution in [1.29, 1.82) is 0 Å². The molecule has 5 rings (SSSR count). The Morgan fingerprint density at radius 2 is 1.92 bits per heavy atom. The van der Waals surface area contributed by atoms with E-state index in [4.69, 9.17) is 19.2 Å². The van der Waals surface area contributed by atoms with E-state index in [2.05, 4.69) is 20.4 Å². The van der Waals surface area contributed by atoms with Gasteiger partial charge in [-0.25, -0.2) is 9.78 Å². The van der Waals surface area contributed by atoms with Crippen LogP contribution in [0.1, 0.15) is 72.1 Å². The van der Waals surface area contributed by atoms with Crippen LogP contribution < -0.4 is 0 Å². The van der Waals surface area contributed by atoms with Gasteiger partial charge in [0.05, 0.1) is 6.10 Å². The molecule has 25 heavy (non-hydrogen) atoms. The fraction of sp³-hybridized carbons (Fsp3) is 0.905. The third-order valence-corrected chi connectivity index (χ3v) is 7.44. The molecule has 4 saturated heterocycles. The molecular weight excluding hydrogens is 316 g/mol. The van der Waals surface area contributed by atoms with Gasteiger partial charge in [-0.3, -0.25) is 0 Å². The van der Waals surface area contributed by atoms with Crippen molar-refractivity contribution in [3.8, 4) is 0 Å². The Morgan fingerprint density at radius 1 is 1.08 bits per heavy atom. The van der Waals surface area contributed by atoms with Crippen molar-refractivity contribution in [3.63, 3.8) is 0 Å². The Bertz CT molecular complexity index is 508. The molecule has 4 heteroatoms. The Kier molecular flexibility index (Phi) is 4.77. The molecule has 1 saturated carbocycles. The van der Waals surface area contributed by atoms with E-state index in [0.717, 1.165) is 25.7 Å². The predicted molar refractivity (Wildman–Crippen MR) is 95.5 cm³/mol. The Morgan fingerprint density at radius 3 is 2.72 bits per heavy atom. The lowest BCUT2D eigenvalue weighted by Crippen LogP contribution is -2.70. The van der Waals surface area contributed by atoms with Crippen LogP contribution in [0.4, 0.5) is 0 Å². The smallest absolute Gasteiger partial charge is 0.201 e. The molecule has 0 aromatic carbocycles. The standard InChI is InChI=1S/C21H34O4/c1-5-6-7-8-9-18-15(3)17-11-10-14(2)16-12-13-20(4)23-19(22-18)21(16,17)25-24-20/h5,14-19H,1,6-13H2,2-4H3/t14-,15-,16+,17+,18-,19-,20-,21-/m1/s1. The number of hydrogen-bond acceptors (Lipinski definition) is 4. The van der Waals surface area contributed by atoms with Crippen LogP contribution >= 0.6 is 0 Å². The van der Waals surface area contributed by atoms with Crippen molar-refractivity contribution in [2.75, 3.05) is 0 Å². The summed E-state index contributed by atoms with van der Waals surface area (Å²) in [6, 6.07) is 0. The highest BCUT2D eigenvalue weighted by Gasteiger charge is 2.69. The second-order valence-electron chi connectivity index (χ2n) is 9.02. The zero-order valence-electron chi connectivity index (χ0n) is 16.0. The molecule has 8 atom stereocenters. The summed E-state index contributed by atoms with van der Waals surface area (Å²) in [5.74, 6) is 1.37. The molecule has 2 bridgehead atoms. The van der Waals surface area contributed by atoms with E-state index in [-0.39, 0.29) is 12.4 Å². The van der Waals surface area contributed by atoms with Gasteiger partial charge in [-0.15, -0.1) is 6.58 Å². The van der Waals surface area contributed by atoms with E-state index >= 15 is 0 Å². The van der Waals surface area contributed by atoms with Crippen LogP contribution in [0.2, 0.25) is 0 Å². The number of ether oxygens (including phenoxy) is 2. The van der Waals surface area contributed by atoms with E-state index in [9.17, 15) is 0 Å². The molecular formula is C21H34O4. The lowest BCUT2D eigenvalue weighted by Gasteiger charge is -2.60. The van der Waals surface area contributed by atoms with Gasteiger partial charge in [0.2, 0.25) is 5.79 Å². The summed E-state index contributed by atoms with van der Waals surface area (Å²) in [6.07, 6.45) is 11.0. The average molecular weight is 350 g/mol. The van der Waals surface area contributed by atoms with Crippen LogP contribution in [0.5, 0.6) is 0 Å². The topological polar surface area (TPSA) is 36.9 Å². The van der Waals surface area contributed by atoms with Crippen molar-refractivity contribution in [2.24, 2.45) is 23.7 Å². The van der Waals surface area contributed by atoms with Gasteiger partial charge in [-0.1, -0.05) is 26.3 Å². The predicted octanol–water partition coefficient (Wildman–Crippen LogP) is 4.98. The monoisotopic (exact) mass is 350 g/mol. The first-order valence-corrected chi connectivity index (χ1v) is 10.3. The zero-order chi connectivity index (χ0) is 17.7. The molecule has 4 aliphatic heterocycles. The quantitative estimate of drug-likeness (QED) is 0.398. The molecule has 0 aromatic heterocycles. The van der Waals surface area contributed by atoms with Crippen molar-refractivity contribution in [1.82, 2.24) is 0 Å². The fourth-order valence-electron chi connectivity index (χ4n) is 5.94. The largest absolute Gasteiger partial charge is 0.346 e. The molecule has 5 aliphatic rings. The van der Waals surface area contributed by atoms with Crippen LogP contribution in [-0.4, -0.2) is 23.8 Å². The Balaban J connectivity index is 1.59. The van der Waals surface area contributed by atoms with Crippen LogP contribution in [0, 0.1) is 23.7 Å². The minimum atomic E-state index is -0.661. The van der Waals surface area contributed by atoms with Crippen molar-refractivity contribution in [2.45, 2.75) is 95.9 Å². The summed E-state index contributed by atoms with van der Waals surface area (Å²) < 4.78 is 13.0. The summed E-state index contributed by atoms with van der Waals surface area (Å²) in [7, 11) is 0. The molecule has 1 spiro atoms. The number of rotatable bonds is 5. The minimum absolute atomic E-state index is 0.256. The number of unbranched alkanes of at least 4 members (excludes halogenated alkanes) is 2. The summed E-state index contributed by atoms with van der Waals surface area (Å²) in [6.45, 7) is 10.5. The van der Waals surface area contributed by atoms with E-state index < -0.39 is 11.4 Å². The maximum absolute atomic E-state index is 6.58. The molecule has 0 N–H and O–H groups in total. The highest BCUT2D eigenvalue weighted by atomic mass is 17.3. The maximum atomic E-state index is 6.58. The zero-order valence-corrected chi connectivity index (χ0v) is 16.0. The molecule has 0 unspecified atom stereocenters. The van der Waals surface area contributed by atoms with Crippen LogP contribution in [0.25, 0.3) is 0 Å². The lowest BCUT2D eigenvalue weighted by molar-refractivity contribution is -0.571. The minimum Gasteiger partial charge on any atom is -0.346 e. The molecule has 142 valence electrons. The van der Waals surface area contributed by atoms with E-state index in [1.807, 2.05) is 13.0 Å². The van der Waals surface area contributed by atoms with Crippen LogP contribution in [-0.2, 0) is 19.2 Å². The number of hydrogen-bond donors (Lipinski definition) is 0. The van der Waals surface area contributed by atoms with E-state index in [1.54, 1.807) is 0 Å². The first-order chi connectivity index (χ1) is 12.0. The summed E-state index contributed by atoms with van der Waals surface area (Å²) in [4.78, 5) is 12.1. The Hall–Kier alpha value is -0.420. The van der Waals surface area contributed by atoms with Gasteiger partial charge in [-0.2, -0.15) is 0 Å². The first-order valence-electron chi connectivity index (χ1n) is 10.3. The van der Waals surface area contributed by atoms with Gasteiger partial charge in [0, 0.05) is 12.3 Å². The Labute approximate surface area is 152 Å². The van der Waals surface area contributed by atoms with E-state index in [0.29, 0.717) is 23.7 Å². The van der Waals surface area contributed by atoms with Crippen LogP contribution in [0.3, 0.4) is 0 Å². The van der Waals surface area contributed by atoms with Crippen molar-refractivity contribution >= 4 is 0 Å². The first kappa shape index (κ1) is 18.0. The molecule has 0 amide bonds. The van der Waals surface area contributed by atoms with Gasteiger partial charge in [0.25, 0.3) is 0 Å². The highest BCUT2D eigenvalue weighted by Crippen LogP contribution is 2.60. The van der Waals surface area contributed by atoms with Gasteiger partial charge in [0.15, 0.2) is 11.9 Å². The summed E-state index contributed by atoms with van der Waals surface area (Å²) >= 11 is 0. The lowest BCUT2D eigenvalue weighted by atomic mass is 9.57. The second kappa shape index (κ2) is 6.63. The molecule has 0 aromatic rings. The molecule has 5 fully saturated rings. The molecule has 0 radical (unpaired) electrons. The number of fused-ring (bicyclic) bond motifs is 2. The third-order valence-electron chi connectivity index (χ3n) is 7.44. The van der Waals surface area contributed by atoms with Gasteiger partial charge >= 0.3 is 0 Å². The maximum Gasteiger partial charge on any atom is 0.201 e. The molecule has 4 heterocycles.